The molecule has 0 aliphatic heterocycles. The van der Waals surface area contributed by atoms with E-state index in [1.807, 2.05) is 68.4 Å². The molecule has 3 rings (SSSR count). The Kier molecular flexibility index (Phi) is 5.28. The number of carbonyl (C=O) groups is 2. The zero-order valence-corrected chi connectivity index (χ0v) is 14.9. The first-order chi connectivity index (χ1) is 12.5. The highest BCUT2D eigenvalue weighted by atomic mass is 16.2. The summed E-state index contributed by atoms with van der Waals surface area (Å²) in [5, 5.41) is 2.94. The maximum atomic E-state index is 12.6. The smallest absolute Gasteiger partial charge is 0.231 e. The van der Waals surface area contributed by atoms with Crippen molar-refractivity contribution in [3.63, 3.8) is 0 Å². The van der Waals surface area contributed by atoms with Gasteiger partial charge in [0.15, 0.2) is 5.78 Å². The van der Waals surface area contributed by atoms with Crippen LogP contribution >= 0.6 is 0 Å². The number of carbonyl (C=O) groups excluding carboxylic acids is 2. The Morgan fingerprint density at radius 1 is 0.808 bits per heavy atom. The Morgan fingerprint density at radius 2 is 1.50 bits per heavy atom. The fraction of sp³-hybridized carbons (Fsp3) is 0.130. The van der Waals surface area contributed by atoms with Crippen LogP contribution < -0.4 is 5.32 Å². The third-order valence-corrected chi connectivity index (χ3v) is 4.36. The van der Waals surface area contributed by atoms with E-state index in [1.54, 1.807) is 24.3 Å². The van der Waals surface area contributed by atoms with Gasteiger partial charge >= 0.3 is 0 Å². The van der Waals surface area contributed by atoms with Gasteiger partial charge in [-0.1, -0.05) is 60.7 Å². The molecule has 0 fully saturated rings. The van der Waals surface area contributed by atoms with Crippen LogP contribution in [-0.2, 0) is 4.79 Å². The number of nitrogens with one attached hydrogen (secondary N) is 1. The predicted molar refractivity (Wildman–Crippen MR) is 105 cm³/mol. The minimum Gasteiger partial charge on any atom is -0.326 e. The molecule has 1 amide bonds. The molecule has 0 aromatic heterocycles. The van der Waals surface area contributed by atoms with Crippen LogP contribution in [0.1, 0.15) is 39.9 Å². The molecule has 26 heavy (non-hydrogen) atoms. The zero-order chi connectivity index (χ0) is 18.5. The highest BCUT2D eigenvalue weighted by molar-refractivity contribution is 6.09. The summed E-state index contributed by atoms with van der Waals surface area (Å²) in [5.74, 6) is -0.502. The minimum atomic E-state index is -0.362. The van der Waals surface area contributed by atoms with Gasteiger partial charge in [-0.3, -0.25) is 9.59 Å². The van der Waals surface area contributed by atoms with Gasteiger partial charge in [0.05, 0.1) is 5.92 Å². The van der Waals surface area contributed by atoms with E-state index < -0.39 is 0 Å². The highest BCUT2D eigenvalue weighted by Crippen LogP contribution is 2.21. The lowest BCUT2D eigenvalue weighted by Gasteiger charge is -2.14. The molecule has 0 saturated heterocycles. The molecule has 0 radical (unpaired) electrons. The first kappa shape index (κ1) is 17.6. The second-order valence-corrected chi connectivity index (χ2v) is 6.40. The molecular formula is C23H21NO2. The normalized spacial score (nSPS) is 11.6. The van der Waals surface area contributed by atoms with Crippen LogP contribution in [0, 0.1) is 6.92 Å². The third kappa shape index (κ3) is 4.06. The third-order valence-electron chi connectivity index (χ3n) is 4.36. The highest BCUT2D eigenvalue weighted by Gasteiger charge is 2.17. The van der Waals surface area contributed by atoms with Crippen molar-refractivity contribution in [2.75, 3.05) is 5.32 Å². The van der Waals surface area contributed by atoms with Gasteiger partial charge < -0.3 is 5.32 Å². The van der Waals surface area contributed by atoms with Crippen LogP contribution in [0.15, 0.2) is 78.9 Å². The van der Waals surface area contributed by atoms with Crippen molar-refractivity contribution in [2.24, 2.45) is 0 Å². The van der Waals surface area contributed by atoms with E-state index in [4.69, 9.17) is 0 Å². The summed E-state index contributed by atoms with van der Waals surface area (Å²) in [6.07, 6.45) is 0. The number of aryl methyl sites for hydroxylation is 1. The van der Waals surface area contributed by atoms with Crippen LogP contribution in [0.25, 0.3) is 0 Å². The largest absolute Gasteiger partial charge is 0.326 e. The summed E-state index contributed by atoms with van der Waals surface area (Å²) in [4.78, 5) is 25.2. The average Bonchev–Trinajstić information content (AvgIpc) is 2.67. The van der Waals surface area contributed by atoms with Gasteiger partial charge in [-0.2, -0.15) is 0 Å². The van der Waals surface area contributed by atoms with Crippen LogP contribution in [-0.4, -0.2) is 11.7 Å². The molecule has 0 heterocycles. The van der Waals surface area contributed by atoms with Crippen molar-refractivity contribution in [3.05, 3.63) is 101 Å². The molecule has 130 valence electrons. The van der Waals surface area contributed by atoms with Gasteiger partial charge in [0.1, 0.15) is 0 Å². The lowest BCUT2D eigenvalue weighted by Crippen LogP contribution is -2.19. The van der Waals surface area contributed by atoms with E-state index in [-0.39, 0.29) is 17.6 Å². The number of amides is 1. The van der Waals surface area contributed by atoms with Crippen molar-refractivity contribution in [1.82, 2.24) is 0 Å². The average molecular weight is 343 g/mol. The van der Waals surface area contributed by atoms with Crippen LogP contribution in [0.2, 0.25) is 0 Å². The topological polar surface area (TPSA) is 46.2 Å². The predicted octanol–water partition coefficient (Wildman–Crippen LogP) is 4.97. The molecule has 1 atom stereocenters. The van der Waals surface area contributed by atoms with E-state index in [0.29, 0.717) is 11.1 Å². The Bertz CT molecular complexity index is 932. The standard InChI is InChI=1S/C23H21NO2/c1-16-8-6-13-21(14-16)24-23(26)17(2)19-11-7-12-20(15-19)22(25)18-9-4-3-5-10-18/h3-15,17H,1-2H3,(H,24,26)/t17-/m0/s1. The molecule has 0 unspecified atom stereocenters. The van der Waals surface area contributed by atoms with Gasteiger partial charge in [0.25, 0.3) is 0 Å². The van der Waals surface area contributed by atoms with E-state index >= 15 is 0 Å². The molecule has 3 aromatic carbocycles. The van der Waals surface area contributed by atoms with E-state index in [9.17, 15) is 9.59 Å². The first-order valence-electron chi connectivity index (χ1n) is 8.62. The minimum absolute atomic E-state index is 0.0428. The number of ketones is 1. The van der Waals surface area contributed by atoms with Gasteiger partial charge in [0.2, 0.25) is 5.91 Å². The summed E-state index contributed by atoms with van der Waals surface area (Å²) < 4.78 is 0. The Morgan fingerprint density at radius 3 is 2.23 bits per heavy atom. The van der Waals surface area contributed by atoms with E-state index in [2.05, 4.69) is 5.32 Å². The van der Waals surface area contributed by atoms with Crippen LogP contribution in [0.3, 0.4) is 0 Å². The van der Waals surface area contributed by atoms with Crippen molar-refractivity contribution >= 4 is 17.4 Å². The second kappa shape index (κ2) is 7.79. The number of anilines is 1. The molecule has 1 N–H and O–H groups in total. The molecule has 0 saturated carbocycles. The molecule has 0 aliphatic rings. The number of hydrogen-bond donors (Lipinski definition) is 1. The maximum absolute atomic E-state index is 12.6. The Hall–Kier alpha value is -3.20. The quantitative estimate of drug-likeness (QED) is 0.665. The number of rotatable bonds is 5. The number of hydrogen-bond acceptors (Lipinski definition) is 2. The lowest BCUT2D eigenvalue weighted by molar-refractivity contribution is -0.117. The van der Waals surface area contributed by atoms with Crippen molar-refractivity contribution in [3.8, 4) is 0 Å². The van der Waals surface area contributed by atoms with Gasteiger partial charge in [0, 0.05) is 16.8 Å². The molecule has 0 bridgehead atoms. The van der Waals surface area contributed by atoms with E-state index in [0.717, 1.165) is 16.8 Å². The van der Waals surface area contributed by atoms with Gasteiger partial charge in [-0.25, -0.2) is 0 Å². The fourth-order valence-electron chi connectivity index (χ4n) is 2.83. The summed E-state index contributed by atoms with van der Waals surface area (Å²) >= 11 is 0. The van der Waals surface area contributed by atoms with Gasteiger partial charge in [-0.05, 0) is 43.2 Å². The van der Waals surface area contributed by atoms with Crippen molar-refractivity contribution in [1.29, 1.82) is 0 Å². The summed E-state index contributed by atoms with van der Waals surface area (Å²) in [7, 11) is 0. The van der Waals surface area contributed by atoms with Gasteiger partial charge in [-0.15, -0.1) is 0 Å². The first-order valence-corrected chi connectivity index (χ1v) is 8.62. The Labute approximate surface area is 153 Å². The second-order valence-electron chi connectivity index (χ2n) is 6.40. The summed E-state index contributed by atoms with van der Waals surface area (Å²) in [6.45, 7) is 3.83. The summed E-state index contributed by atoms with van der Waals surface area (Å²) in [6, 6.07) is 24.1. The SMILES string of the molecule is Cc1cccc(NC(=O)[C@@H](C)c2cccc(C(=O)c3ccccc3)c2)c1. The molecule has 0 spiro atoms. The van der Waals surface area contributed by atoms with Crippen LogP contribution in [0.5, 0.6) is 0 Å². The fourth-order valence-corrected chi connectivity index (χ4v) is 2.83. The zero-order valence-electron chi connectivity index (χ0n) is 14.9. The van der Waals surface area contributed by atoms with Crippen molar-refractivity contribution < 1.29 is 9.59 Å². The molecule has 0 aliphatic carbocycles. The summed E-state index contributed by atoms with van der Waals surface area (Å²) in [5.41, 5.74) is 3.91. The molecule has 3 nitrogen and oxygen atoms in total. The molecule has 3 heteroatoms. The maximum Gasteiger partial charge on any atom is 0.231 e. The lowest BCUT2D eigenvalue weighted by atomic mass is 9.95. The molecule has 3 aromatic rings. The number of benzene rings is 3. The van der Waals surface area contributed by atoms with Crippen molar-refractivity contribution in [2.45, 2.75) is 19.8 Å². The monoisotopic (exact) mass is 343 g/mol. The molecular weight excluding hydrogens is 322 g/mol. The van der Waals surface area contributed by atoms with E-state index in [1.165, 1.54) is 0 Å². The Balaban J connectivity index is 1.78. The van der Waals surface area contributed by atoms with Crippen LogP contribution in [0.4, 0.5) is 5.69 Å².